The monoisotopic (exact) mass is 420 g/mol. The lowest BCUT2D eigenvalue weighted by molar-refractivity contribution is -0.118. The van der Waals surface area contributed by atoms with E-state index in [4.69, 9.17) is 10.2 Å². The summed E-state index contributed by atoms with van der Waals surface area (Å²) in [4.78, 5) is 39.7. The number of carbonyl (C=O) groups excluding carboxylic acids is 3. The van der Waals surface area contributed by atoms with Crippen LogP contribution in [0.3, 0.4) is 0 Å². The first kappa shape index (κ1) is 21.8. The first-order chi connectivity index (χ1) is 15.0. The normalized spacial score (nSPS) is 10.5. The van der Waals surface area contributed by atoms with Crippen molar-refractivity contribution in [2.24, 2.45) is 5.73 Å². The Hall–Kier alpha value is -3.94. The second kappa shape index (κ2) is 10.7. The van der Waals surface area contributed by atoms with E-state index in [0.29, 0.717) is 35.7 Å². The maximum absolute atomic E-state index is 12.4. The maximum Gasteiger partial charge on any atom is 0.253 e. The molecule has 0 fully saturated rings. The quantitative estimate of drug-likeness (QED) is 0.465. The molecule has 8 nitrogen and oxygen atoms in total. The summed E-state index contributed by atoms with van der Waals surface area (Å²) < 4.78 is 5.75. The van der Waals surface area contributed by atoms with Crippen molar-refractivity contribution >= 4 is 23.4 Å². The molecule has 160 valence electrons. The van der Waals surface area contributed by atoms with Gasteiger partial charge in [-0.1, -0.05) is 42.5 Å². The summed E-state index contributed by atoms with van der Waals surface area (Å²) in [5, 5.41) is 5.38. The molecule has 0 atom stereocenters. The van der Waals surface area contributed by atoms with E-state index in [9.17, 15) is 14.4 Å². The van der Waals surface area contributed by atoms with Gasteiger partial charge >= 0.3 is 0 Å². The van der Waals surface area contributed by atoms with Gasteiger partial charge in [-0.25, -0.2) is 4.98 Å². The molecule has 2 aromatic carbocycles. The fourth-order valence-electron chi connectivity index (χ4n) is 2.96. The number of rotatable bonds is 10. The number of carbonyl (C=O) groups is 3. The molecule has 0 saturated carbocycles. The minimum Gasteiger partial charge on any atom is -0.441 e. The molecule has 0 radical (unpaired) electrons. The third-order valence-electron chi connectivity index (χ3n) is 4.51. The van der Waals surface area contributed by atoms with Crippen molar-refractivity contribution in [1.29, 1.82) is 0 Å². The zero-order chi connectivity index (χ0) is 22.1. The van der Waals surface area contributed by atoms with Gasteiger partial charge in [0.15, 0.2) is 11.7 Å². The fraction of sp³-hybridized carbons (Fsp3) is 0.217. The lowest BCUT2D eigenvalue weighted by Gasteiger charge is -2.11. The van der Waals surface area contributed by atoms with Crippen LogP contribution in [0.4, 0.5) is 5.69 Å². The summed E-state index contributed by atoms with van der Waals surface area (Å²) in [5.41, 5.74) is 6.75. The van der Waals surface area contributed by atoms with E-state index in [0.717, 1.165) is 5.56 Å². The van der Waals surface area contributed by atoms with Crippen LogP contribution >= 0.6 is 0 Å². The molecule has 31 heavy (non-hydrogen) atoms. The Balaban J connectivity index is 1.50. The number of nitrogens with one attached hydrogen (secondary N) is 2. The maximum atomic E-state index is 12.4. The molecule has 0 aliphatic carbocycles. The van der Waals surface area contributed by atoms with Crippen LogP contribution in [-0.2, 0) is 16.0 Å². The van der Waals surface area contributed by atoms with E-state index in [-0.39, 0.29) is 31.2 Å². The van der Waals surface area contributed by atoms with Crippen molar-refractivity contribution in [3.8, 4) is 11.3 Å². The Bertz CT molecular complexity index is 1050. The molecule has 0 aliphatic rings. The second-order valence-corrected chi connectivity index (χ2v) is 6.90. The molecule has 0 saturated heterocycles. The van der Waals surface area contributed by atoms with Crippen LogP contribution in [0, 0.1) is 0 Å². The number of hydrogen-bond donors (Lipinski definition) is 3. The molecular formula is C23H24N4O4. The highest BCUT2D eigenvalue weighted by molar-refractivity contribution is 6.03. The van der Waals surface area contributed by atoms with Crippen molar-refractivity contribution in [2.45, 2.75) is 25.7 Å². The molecule has 3 amide bonds. The third kappa shape index (κ3) is 6.53. The van der Waals surface area contributed by atoms with E-state index in [1.54, 1.807) is 30.5 Å². The number of amides is 3. The van der Waals surface area contributed by atoms with E-state index >= 15 is 0 Å². The zero-order valence-corrected chi connectivity index (χ0v) is 17.0. The number of benzene rings is 2. The van der Waals surface area contributed by atoms with Crippen LogP contribution in [0.25, 0.3) is 11.3 Å². The van der Waals surface area contributed by atoms with Gasteiger partial charge in [0, 0.05) is 31.4 Å². The summed E-state index contributed by atoms with van der Waals surface area (Å²) in [6.07, 6.45) is 3.05. The molecule has 8 heteroatoms. The Morgan fingerprint density at radius 1 is 0.968 bits per heavy atom. The van der Waals surface area contributed by atoms with Gasteiger partial charge in [-0.2, -0.15) is 0 Å². The molecule has 4 N–H and O–H groups in total. The molecular weight excluding hydrogens is 396 g/mol. The Morgan fingerprint density at radius 3 is 2.48 bits per heavy atom. The van der Waals surface area contributed by atoms with Gasteiger partial charge in [0.2, 0.25) is 11.8 Å². The number of nitrogens with two attached hydrogens (primary N) is 1. The Labute approximate surface area is 179 Å². The van der Waals surface area contributed by atoms with Gasteiger partial charge in [-0.15, -0.1) is 0 Å². The largest absolute Gasteiger partial charge is 0.441 e. The molecule has 0 unspecified atom stereocenters. The van der Waals surface area contributed by atoms with Crippen molar-refractivity contribution in [3.63, 3.8) is 0 Å². The summed E-state index contributed by atoms with van der Waals surface area (Å²) in [6.45, 7) is 0.136. The predicted molar refractivity (Wildman–Crippen MR) is 116 cm³/mol. The first-order valence-corrected chi connectivity index (χ1v) is 9.98. The lowest BCUT2D eigenvalue weighted by atomic mass is 10.1. The minimum absolute atomic E-state index is 0.0487. The van der Waals surface area contributed by atoms with Crippen molar-refractivity contribution < 1.29 is 18.8 Å². The standard InChI is InChI=1S/C23H24N4O4/c24-20(28)13-14-25-23(30)17-9-4-5-10-18(17)27-21(29)11-6-12-22-26-15-19(31-22)16-7-2-1-3-8-16/h1-5,7-10,15H,6,11-14H2,(H2,24,28)(H,25,30)(H,27,29). The number of anilines is 1. The topological polar surface area (TPSA) is 127 Å². The van der Waals surface area contributed by atoms with Crippen LogP contribution in [0.1, 0.15) is 35.5 Å². The van der Waals surface area contributed by atoms with Gasteiger partial charge in [0.1, 0.15) is 0 Å². The lowest BCUT2D eigenvalue weighted by Crippen LogP contribution is -2.28. The summed E-state index contributed by atoms with van der Waals surface area (Å²) in [5.74, 6) is 0.165. The number of oxazole rings is 1. The van der Waals surface area contributed by atoms with Crippen LogP contribution in [0.15, 0.2) is 65.2 Å². The molecule has 3 aromatic rings. The third-order valence-corrected chi connectivity index (χ3v) is 4.51. The second-order valence-electron chi connectivity index (χ2n) is 6.90. The van der Waals surface area contributed by atoms with Gasteiger partial charge in [-0.3, -0.25) is 14.4 Å². The summed E-state index contributed by atoms with van der Waals surface area (Å²) >= 11 is 0. The van der Waals surface area contributed by atoms with Crippen LogP contribution < -0.4 is 16.4 Å². The van der Waals surface area contributed by atoms with Crippen molar-refractivity contribution in [2.75, 3.05) is 11.9 Å². The zero-order valence-electron chi connectivity index (χ0n) is 17.0. The van der Waals surface area contributed by atoms with Gasteiger partial charge in [0.25, 0.3) is 5.91 Å². The van der Waals surface area contributed by atoms with E-state index < -0.39 is 5.91 Å². The molecule has 0 aliphatic heterocycles. The van der Waals surface area contributed by atoms with Crippen LogP contribution in [-0.4, -0.2) is 29.3 Å². The number of aryl methyl sites for hydroxylation is 1. The highest BCUT2D eigenvalue weighted by atomic mass is 16.4. The minimum atomic E-state index is -0.496. The molecule has 1 heterocycles. The van der Waals surface area contributed by atoms with Crippen molar-refractivity contribution in [3.05, 3.63) is 72.2 Å². The van der Waals surface area contributed by atoms with Gasteiger partial charge < -0.3 is 20.8 Å². The van der Waals surface area contributed by atoms with Gasteiger partial charge in [0.05, 0.1) is 17.4 Å². The van der Waals surface area contributed by atoms with Crippen LogP contribution in [0.2, 0.25) is 0 Å². The molecule has 1 aromatic heterocycles. The molecule has 3 rings (SSSR count). The Kier molecular flexibility index (Phi) is 7.53. The van der Waals surface area contributed by atoms with E-state index in [2.05, 4.69) is 15.6 Å². The number of nitrogens with zero attached hydrogens (tertiary/aromatic N) is 1. The molecule has 0 bridgehead atoms. The average Bonchev–Trinajstić information content (AvgIpc) is 3.23. The van der Waals surface area contributed by atoms with E-state index in [1.807, 2.05) is 30.3 Å². The fourth-order valence-corrected chi connectivity index (χ4v) is 2.96. The predicted octanol–water partition coefficient (Wildman–Crippen LogP) is 2.91. The van der Waals surface area contributed by atoms with E-state index in [1.165, 1.54) is 0 Å². The Morgan fingerprint density at radius 2 is 1.71 bits per heavy atom. The van der Waals surface area contributed by atoms with Gasteiger partial charge in [-0.05, 0) is 18.6 Å². The highest BCUT2D eigenvalue weighted by Crippen LogP contribution is 2.21. The highest BCUT2D eigenvalue weighted by Gasteiger charge is 2.13. The first-order valence-electron chi connectivity index (χ1n) is 9.98. The number of hydrogen-bond acceptors (Lipinski definition) is 5. The van der Waals surface area contributed by atoms with Crippen molar-refractivity contribution in [1.82, 2.24) is 10.3 Å². The number of para-hydroxylation sites is 1. The molecule has 0 spiro atoms. The van der Waals surface area contributed by atoms with Crippen LogP contribution in [0.5, 0.6) is 0 Å². The average molecular weight is 420 g/mol. The number of primary amides is 1. The SMILES string of the molecule is NC(=O)CCNC(=O)c1ccccc1NC(=O)CCCc1ncc(-c2ccccc2)o1. The number of aromatic nitrogens is 1. The summed E-state index contributed by atoms with van der Waals surface area (Å²) in [6, 6.07) is 16.4. The summed E-state index contributed by atoms with van der Waals surface area (Å²) in [7, 11) is 0. The smallest absolute Gasteiger partial charge is 0.253 e.